The molecule has 1 atom stereocenters. The fourth-order valence-corrected chi connectivity index (χ4v) is 3.51. The molecule has 2 N–H and O–H groups in total. The maximum absolute atomic E-state index is 12.6. The van der Waals surface area contributed by atoms with E-state index < -0.39 is 24.0 Å². The van der Waals surface area contributed by atoms with Crippen LogP contribution in [0.5, 0.6) is 0 Å². The molecule has 0 spiro atoms. The normalized spacial score (nSPS) is 16.2. The molecule has 0 bridgehead atoms. The number of ether oxygens (including phenoxy) is 2. The summed E-state index contributed by atoms with van der Waals surface area (Å²) in [6, 6.07) is 9.73. The summed E-state index contributed by atoms with van der Waals surface area (Å²) in [7, 11) is 0. The molecule has 28 heavy (non-hydrogen) atoms. The van der Waals surface area contributed by atoms with Gasteiger partial charge in [-0.2, -0.15) is 11.3 Å². The highest BCUT2D eigenvalue weighted by Gasteiger charge is 2.34. The predicted octanol–water partition coefficient (Wildman–Crippen LogP) is 2.71. The van der Waals surface area contributed by atoms with Crippen molar-refractivity contribution >= 4 is 29.3 Å². The van der Waals surface area contributed by atoms with Gasteiger partial charge in [-0.3, -0.25) is 4.79 Å². The molecule has 8 heteroatoms. The average molecular weight is 400 g/mol. The minimum absolute atomic E-state index is 0.125. The van der Waals surface area contributed by atoms with Gasteiger partial charge in [-0.1, -0.05) is 30.3 Å². The Hall–Kier alpha value is -3.13. The van der Waals surface area contributed by atoms with Crippen LogP contribution in [0.25, 0.3) is 0 Å². The molecule has 2 amide bonds. The quantitative estimate of drug-likeness (QED) is 0.697. The lowest BCUT2D eigenvalue weighted by Gasteiger charge is -2.29. The number of esters is 2. The first kappa shape index (κ1) is 19.6. The fraction of sp³-hybridized carbons (Fsp3) is 0.250. The van der Waals surface area contributed by atoms with E-state index in [0.717, 1.165) is 11.1 Å². The van der Waals surface area contributed by atoms with Gasteiger partial charge in [0, 0.05) is 0 Å². The van der Waals surface area contributed by atoms with Crippen LogP contribution in [-0.2, 0) is 25.5 Å². The van der Waals surface area contributed by atoms with Crippen LogP contribution < -0.4 is 10.6 Å². The van der Waals surface area contributed by atoms with Gasteiger partial charge < -0.3 is 20.1 Å². The molecular formula is C20H20N2O5S. The van der Waals surface area contributed by atoms with Crippen LogP contribution in [0.3, 0.4) is 0 Å². The minimum Gasteiger partial charge on any atom is -0.463 e. The van der Waals surface area contributed by atoms with Gasteiger partial charge in [0.1, 0.15) is 6.61 Å². The number of rotatable bonds is 7. The number of nitrogens with one attached hydrogen (secondary N) is 2. The maximum Gasteiger partial charge on any atom is 0.338 e. The molecule has 2 aromatic rings. The summed E-state index contributed by atoms with van der Waals surface area (Å²) in [6.07, 6.45) is 0.125. The van der Waals surface area contributed by atoms with Gasteiger partial charge >= 0.3 is 18.0 Å². The maximum atomic E-state index is 12.6. The summed E-state index contributed by atoms with van der Waals surface area (Å²) in [5, 5.41) is 9.04. The number of hydrogen-bond donors (Lipinski definition) is 2. The van der Waals surface area contributed by atoms with Crippen molar-refractivity contribution in [3.05, 3.63) is 69.6 Å². The highest BCUT2D eigenvalue weighted by atomic mass is 32.1. The van der Waals surface area contributed by atoms with E-state index in [1.54, 1.807) is 19.1 Å². The lowest BCUT2D eigenvalue weighted by molar-refractivity contribution is -0.143. The van der Waals surface area contributed by atoms with Crippen molar-refractivity contribution in [1.29, 1.82) is 0 Å². The second-order valence-electron chi connectivity index (χ2n) is 6.02. The van der Waals surface area contributed by atoms with Crippen molar-refractivity contribution in [1.82, 2.24) is 10.6 Å². The molecular weight excluding hydrogens is 380 g/mol. The number of benzene rings is 1. The van der Waals surface area contributed by atoms with Crippen molar-refractivity contribution in [3.8, 4) is 0 Å². The van der Waals surface area contributed by atoms with Crippen LogP contribution in [0.2, 0.25) is 0 Å². The smallest absolute Gasteiger partial charge is 0.338 e. The van der Waals surface area contributed by atoms with Gasteiger partial charge in [-0.25, -0.2) is 9.59 Å². The summed E-state index contributed by atoms with van der Waals surface area (Å²) in [5.74, 6) is -1.02. The van der Waals surface area contributed by atoms with Gasteiger partial charge in [0.2, 0.25) is 0 Å². The lowest BCUT2D eigenvalue weighted by Crippen LogP contribution is -2.47. The molecule has 1 aromatic carbocycles. The van der Waals surface area contributed by atoms with E-state index in [0.29, 0.717) is 0 Å². The third-order valence-electron chi connectivity index (χ3n) is 4.09. The number of carbonyl (C=O) groups excluding carboxylic acids is 3. The first-order valence-electron chi connectivity index (χ1n) is 8.77. The Kier molecular flexibility index (Phi) is 6.44. The topological polar surface area (TPSA) is 93.7 Å². The summed E-state index contributed by atoms with van der Waals surface area (Å²) in [6.45, 7) is 1.66. The number of amides is 2. The third-order valence-corrected chi connectivity index (χ3v) is 4.82. The Morgan fingerprint density at radius 1 is 1.14 bits per heavy atom. The van der Waals surface area contributed by atoms with Crippen LogP contribution >= 0.6 is 11.3 Å². The van der Waals surface area contributed by atoms with Crippen LogP contribution in [0.15, 0.2) is 58.4 Å². The molecule has 1 aliphatic rings. The lowest BCUT2D eigenvalue weighted by atomic mass is 9.95. The Labute approximate surface area is 166 Å². The van der Waals surface area contributed by atoms with Gasteiger partial charge in [0.15, 0.2) is 0 Å². The number of urea groups is 1. The zero-order chi connectivity index (χ0) is 19.9. The van der Waals surface area contributed by atoms with E-state index in [1.807, 2.05) is 35.0 Å². The summed E-state index contributed by atoms with van der Waals surface area (Å²) < 4.78 is 10.5. The van der Waals surface area contributed by atoms with E-state index in [2.05, 4.69) is 10.6 Å². The number of hydrogen-bond acceptors (Lipinski definition) is 6. The first-order chi connectivity index (χ1) is 13.6. The highest BCUT2D eigenvalue weighted by molar-refractivity contribution is 7.08. The molecule has 0 saturated heterocycles. The summed E-state index contributed by atoms with van der Waals surface area (Å²) >= 11 is 1.49. The molecule has 0 saturated carbocycles. The average Bonchev–Trinajstić information content (AvgIpc) is 3.19. The molecule has 3 rings (SSSR count). The largest absolute Gasteiger partial charge is 0.463 e. The molecule has 7 nitrogen and oxygen atoms in total. The van der Waals surface area contributed by atoms with Crippen molar-refractivity contribution in [3.63, 3.8) is 0 Å². The van der Waals surface area contributed by atoms with Crippen LogP contribution in [-0.4, -0.2) is 31.2 Å². The zero-order valence-corrected chi connectivity index (χ0v) is 16.1. The van der Waals surface area contributed by atoms with E-state index in [-0.39, 0.29) is 30.9 Å². The first-order valence-corrected chi connectivity index (χ1v) is 9.72. The van der Waals surface area contributed by atoms with E-state index in [1.165, 1.54) is 11.3 Å². The molecule has 0 radical (unpaired) electrons. The molecule has 0 aliphatic carbocycles. The van der Waals surface area contributed by atoms with Crippen molar-refractivity contribution in [2.45, 2.75) is 19.4 Å². The highest BCUT2D eigenvalue weighted by Crippen LogP contribution is 2.27. The third kappa shape index (κ3) is 4.77. The minimum atomic E-state index is -0.695. The van der Waals surface area contributed by atoms with Crippen molar-refractivity contribution < 1.29 is 23.9 Å². The monoisotopic (exact) mass is 400 g/mol. The molecule has 1 unspecified atom stereocenters. The van der Waals surface area contributed by atoms with Crippen LogP contribution in [0.1, 0.15) is 24.1 Å². The van der Waals surface area contributed by atoms with E-state index in [9.17, 15) is 14.4 Å². The summed E-state index contributed by atoms with van der Waals surface area (Å²) in [5.41, 5.74) is 2.01. The van der Waals surface area contributed by atoms with Gasteiger partial charge in [0.05, 0.1) is 30.3 Å². The number of carbonyl (C=O) groups is 3. The Bertz CT molecular complexity index is 877. The van der Waals surface area contributed by atoms with Crippen molar-refractivity contribution in [2.75, 3.05) is 13.2 Å². The van der Waals surface area contributed by atoms with Crippen LogP contribution in [0, 0.1) is 0 Å². The van der Waals surface area contributed by atoms with Crippen LogP contribution in [0.4, 0.5) is 4.79 Å². The predicted molar refractivity (Wildman–Crippen MR) is 103 cm³/mol. The Morgan fingerprint density at radius 3 is 2.61 bits per heavy atom. The van der Waals surface area contributed by atoms with Gasteiger partial charge in [-0.15, -0.1) is 0 Å². The molecule has 1 aromatic heterocycles. The Morgan fingerprint density at radius 2 is 1.93 bits per heavy atom. The molecule has 2 heterocycles. The fourth-order valence-electron chi connectivity index (χ4n) is 2.84. The van der Waals surface area contributed by atoms with Gasteiger partial charge in [-0.05, 0) is 34.9 Å². The number of thiophene rings is 1. The second-order valence-corrected chi connectivity index (χ2v) is 6.80. The van der Waals surface area contributed by atoms with E-state index in [4.69, 9.17) is 9.47 Å². The standard InChI is InChI=1S/C20H20N2O5S/c1-2-26-19(24)17-15(11-27-16(23)10-13-8-9-28-12-13)21-20(25)22-18(17)14-6-4-3-5-7-14/h3-9,12,18H,2,10-11H2,1H3,(H2,21,22,25). The molecule has 146 valence electrons. The zero-order valence-electron chi connectivity index (χ0n) is 15.3. The Balaban J connectivity index is 1.84. The van der Waals surface area contributed by atoms with E-state index >= 15 is 0 Å². The summed E-state index contributed by atoms with van der Waals surface area (Å²) in [4.78, 5) is 36.8. The second kappa shape index (κ2) is 9.18. The molecule has 0 fully saturated rings. The van der Waals surface area contributed by atoms with Gasteiger partial charge in [0.25, 0.3) is 0 Å². The molecule has 1 aliphatic heterocycles. The SMILES string of the molecule is CCOC(=O)C1=C(COC(=O)Cc2ccsc2)NC(=O)NC1c1ccccc1. The van der Waals surface area contributed by atoms with Crippen molar-refractivity contribution in [2.24, 2.45) is 0 Å².